The molecule has 0 aliphatic carbocycles. The van der Waals surface area contributed by atoms with E-state index >= 15 is 0 Å². The van der Waals surface area contributed by atoms with Crippen molar-refractivity contribution >= 4 is 5.97 Å². The Labute approximate surface area is 105 Å². The summed E-state index contributed by atoms with van der Waals surface area (Å²) in [6.07, 6.45) is 4.15. The maximum Gasteiger partial charge on any atom is 0.303 e. The third-order valence-electron chi connectivity index (χ3n) is 3.10. The van der Waals surface area contributed by atoms with Crippen molar-refractivity contribution in [1.82, 2.24) is 10.1 Å². The molecule has 0 aromatic carbocycles. The minimum Gasteiger partial charge on any atom is -0.481 e. The van der Waals surface area contributed by atoms with Crippen molar-refractivity contribution in [3.8, 4) is 0 Å². The number of carboxylic acid groups (broad SMARTS) is 1. The third-order valence-corrected chi connectivity index (χ3v) is 3.10. The highest BCUT2D eigenvalue weighted by Gasteiger charge is 2.21. The normalized spacial score (nSPS) is 16.9. The van der Waals surface area contributed by atoms with Crippen LogP contribution in [-0.4, -0.2) is 34.4 Å². The van der Waals surface area contributed by atoms with E-state index in [9.17, 15) is 4.79 Å². The molecule has 1 aliphatic heterocycles. The van der Waals surface area contributed by atoms with Crippen LogP contribution in [0.2, 0.25) is 0 Å². The quantitative estimate of drug-likeness (QED) is 0.778. The van der Waals surface area contributed by atoms with Gasteiger partial charge in [-0.25, -0.2) is 0 Å². The molecule has 2 heterocycles. The largest absolute Gasteiger partial charge is 0.481 e. The number of carboxylic acids is 1. The molecule has 2 rings (SSSR count). The van der Waals surface area contributed by atoms with Crippen molar-refractivity contribution in [2.24, 2.45) is 0 Å². The molecule has 0 saturated carbocycles. The van der Waals surface area contributed by atoms with Crippen LogP contribution in [0.5, 0.6) is 0 Å². The van der Waals surface area contributed by atoms with Crippen molar-refractivity contribution in [2.45, 2.75) is 44.4 Å². The fourth-order valence-corrected chi connectivity index (χ4v) is 2.04. The first-order chi connectivity index (χ1) is 8.75. The molecule has 100 valence electrons. The van der Waals surface area contributed by atoms with Crippen molar-refractivity contribution in [1.29, 1.82) is 0 Å². The van der Waals surface area contributed by atoms with Crippen LogP contribution in [0.25, 0.3) is 0 Å². The third kappa shape index (κ3) is 3.80. The van der Waals surface area contributed by atoms with E-state index in [4.69, 9.17) is 14.4 Å². The average molecular weight is 254 g/mol. The molecule has 6 heteroatoms. The zero-order chi connectivity index (χ0) is 12.8. The van der Waals surface area contributed by atoms with Crippen LogP contribution in [-0.2, 0) is 16.0 Å². The van der Waals surface area contributed by atoms with Crippen molar-refractivity contribution in [3.05, 3.63) is 11.7 Å². The van der Waals surface area contributed by atoms with Crippen LogP contribution < -0.4 is 0 Å². The predicted molar refractivity (Wildman–Crippen MR) is 62.3 cm³/mol. The Morgan fingerprint density at radius 3 is 2.83 bits per heavy atom. The summed E-state index contributed by atoms with van der Waals surface area (Å²) in [6.45, 7) is 1.51. The van der Waals surface area contributed by atoms with E-state index in [0.29, 0.717) is 24.7 Å². The Morgan fingerprint density at radius 1 is 1.33 bits per heavy atom. The predicted octanol–water partition coefficient (Wildman–Crippen LogP) is 1.76. The Bertz CT molecular complexity index is 385. The van der Waals surface area contributed by atoms with E-state index in [-0.39, 0.29) is 6.42 Å². The van der Waals surface area contributed by atoms with E-state index in [1.54, 1.807) is 0 Å². The summed E-state index contributed by atoms with van der Waals surface area (Å²) in [5.74, 6) is 0.965. The first-order valence-corrected chi connectivity index (χ1v) is 6.37. The standard InChI is InChI=1S/C12H18N2O4/c15-11(16)4-2-1-3-10-13-12(14-18-10)9-5-7-17-8-6-9/h9H,1-8H2,(H,15,16). The smallest absolute Gasteiger partial charge is 0.303 e. The Morgan fingerprint density at radius 2 is 2.11 bits per heavy atom. The molecule has 1 N–H and O–H groups in total. The molecule has 1 fully saturated rings. The van der Waals surface area contributed by atoms with Gasteiger partial charge in [-0.15, -0.1) is 0 Å². The van der Waals surface area contributed by atoms with Gasteiger partial charge in [0.15, 0.2) is 5.82 Å². The van der Waals surface area contributed by atoms with E-state index in [0.717, 1.165) is 38.3 Å². The molecule has 1 saturated heterocycles. The van der Waals surface area contributed by atoms with Gasteiger partial charge >= 0.3 is 5.97 Å². The zero-order valence-electron chi connectivity index (χ0n) is 10.3. The number of nitrogens with zero attached hydrogens (tertiary/aromatic N) is 2. The molecule has 6 nitrogen and oxygen atoms in total. The van der Waals surface area contributed by atoms with Gasteiger partial charge in [-0.05, 0) is 25.7 Å². The van der Waals surface area contributed by atoms with Gasteiger partial charge < -0.3 is 14.4 Å². The second kappa shape index (κ2) is 6.49. The molecule has 0 unspecified atom stereocenters. The molecular weight excluding hydrogens is 236 g/mol. The van der Waals surface area contributed by atoms with Gasteiger partial charge in [-0.2, -0.15) is 4.98 Å². The summed E-state index contributed by atoms with van der Waals surface area (Å²) in [4.78, 5) is 14.7. The monoisotopic (exact) mass is 254 g/mol. The van der Waals surface area contributed by atoms with Gasteiger partial charge in [-0.3, -0.25) is 4.79 Å². The van der Waals surface area contributed by atoms with Gasteiger partial charge in [0.2, 0.25) is 5.89 Å². The lowest BCUT2D eigenvalue weighted by atomic mass is 10.00. The lowest BCUT2D eigenvalue weighted by Gasteiger charge is -2.18. The van der Waals surface area contributed by atoms with Crippen LogP contribution in [0.4, 0.5) is 0 Å². The van der Waals surface area contributed by atoms with Crippen molar-refractivity contribution in [3.63, 3.8) is 0 Å². The fraction of sp³-hybridized carbons (Fsp3) is 0.750. The first kappa shape index (κ1) is 13.0. The van der Waals surface area contributed by atoms with Crippen LogP contribution in [0.1, 0.15) is 49.7 Å². The molecular formula is C12H18N2O4. The summed E-state index contributed by atoms with van der Waals surface area (Å²) in [5.41, 5.74) is 0. The number of aromatic nitrogens is 2. The first-order valence-electron chi connectivity index (χ1n) is 6.37. The highest BCUT2D eigenvalue weighted by atomic mass is 16.5. The van der Waals surface area contributed by atoms with E-state index in [1.807, 2.05) is 0 Å². The van der Waals surface area contributed by atoms with Gasteiger partial charge in [-0.1, -0.05) is 5.16 Å². The average Bonchev–Trinajstić information content (AvgIpc) is 2.84. The maximum absolute atomic E-state index is 10.4. The van der Waals surface area contributed by atoms with Gasteiger partial charge in [0.05, 0.1) is 0 Å². The number of ether oxygens (including phenoxy) is 1. The molecule has 18 heavy (non-hydrogen) atoms. The SMILES string of the molecule is O=C(O)CCCCc1nc(C2CCOCC2)no1. The number of aryl methyl sites for hydroxylation is 1. The van der Waals surface area contributed by atoms with Crippen LogP contribution in [0.3, 0.4) is 0 Å². The maximum atomic E-state index is 10.4. The number of hydrogen-bond donors (Lipinski definition) is 1. The number of carbonyl (C=O) groups is 1. The number of rotatable bonds is 6. The highest BCUT2D eigenvalue weighted by Crippen LogP contribution is 2.24. The minimum absolute atomic E-state index is 0.195. The Kier molecular flexibility index (Phi) is 4.69. The number of hydrogen-bond acceptors (Lipinski definition) is 5. The summed E-state index contributed by atoms with van der Waals surface area (Å²) >= 11 is 0. The molecule has 1 aromatic heterocycles. The van der Waals surface area contributed by atoms with Crippen LogP contribution >= 0.6 is 0 Å². The summed E-state index contributed by atoms with van der Waals surface area (Å²) in [6, 6.07) is 0. The zero-order valence-corrected chi connectivity index (χ0v) is 10.3. The molecule has 0 spiro atoms. The van der Waals surface area contributed by atoms with Crippen molar-refractivity contribution < 1.29 is 19.2 Å². The Balaban J connectivity index is 1.76. The fourth-order valence-electron chi connectivity index (χ4n) is 2.04. The molecule has 0 atom stereocenters. The Hall–Kier alpha value is -1.43. The van der Waals surface area contributed by atoms with E-state index in [1.165, 1.54) is 0 Å². The number of unbranched alkanes of at least 4 members (excludes halogenated alkanes) is 1. The van der Waals surface area contributed by atoms with Crippen molar-refractivity contribution in [2.75, 3.05) is 13.2 Å². The summed E-state index contributed by atoms with van der Waals surface area (Å²) in [7, 11) is 0. The second-order valence-electron chi connectivity index (χ2n) is 4.53. The van der Waals surface area contributed by atoms with Crippen LogP contribution in [0.15, 0.2) is 4.52 Å². The lowest BCUT2D eigenvalue weighted by molar-refractivity contribution is -0.137. The molecule has 0 amide bonds. The van der Waals surface area contributed by atoms with Crippen LogP contribution in [0, 0.1) is 0 Å². The van der Waals surface area contributed by atoms with E-state index < -0.39 is 5.97 Å². The molecule has 1 aromatic rings. The lowest BCUT2D eigenvalue weighted by Crippen LogP contribution is -2.15. The van der Waals surface area contributed by atoms with E-state index in [2.05, 4.69) is 10.1 Å². The van der Waals surface area contributed by atoms with Gasteiger partial charge in [0, 0.05) is 32.0 Å². The molecule has 1 aliphatic rings. The van der Waals surface area contributed by atoms with Gasteiger partial charge in [0.25, 0.3) is 0 Å². The number of aliphatic carboxylic acids is 1. The molecule has 0 radical (unpaired) electrons. The topological polar surface area (TPSA) is 85.5 Å². The van der Waals surface area contributed by atoms with Gasteiger partial charge in [0.1, 0.15) is 0 Å². The minimum atomic E-state index is -0.761. The highest BCUT2D eigenvalue weighted by molar-refractivity contribution is 5.66. The second-order valence-corrected chi connectivity index (χ2v) is 4.53. The molecule has 0 bridgehead atoms. The summed E-state index contributed by atoms with van der Waals surface area (Å²) < 4.78 is 10.5. The summed E-state index contributed by atoms with van der Waals surface area (Å²) in [5, 5.41) is 12.5.